The summed E-state index contributed by atoms with van der Waals surface area (Å²) in [5, 5.41) is 2.79. The number of carbonyl (C=O) groups excluding carboxylic acids is 1. The maximum absolute atomic E-state index is 12.5. The van der Waals surface area contributed by atoms with E-state index in [1.165, 1.54) is 6.07 Å². The molecular weight excluding hydrogens is 370 g/mol. The van der Waals surface area contributed by atoms with Gasteiger partial charge in [-0.15, -0.1) is 0 Å². The standard InChI is InChI=1S/C22H17N3O4/c1-13-3-2-4-17(11-13)29-16-8-6-15(7-9-16)23-20(26)14-5-10-18-19(12-14)25-22(28)21(27)24-18/h2-12H,1H3,(H,23,26)(H,24,27)(H,25,28). The van der Waals surface area contributed by atoms with Crippen LogP contribution in [0.4, 0.5) is 5.69 Å². The molecule has 1 amide bonds. The monoisotopic (exact) mass is 387 g/mol. The molecule has 1 aromatic heterocycles. The minimum absolute atomic E-state index is 0.341. The zero-order valence-electron chi connectivity index (χ0n) is 15.5. The van der Waals surface area contributed by atoms with Crippen LogP contribution in [0, 0.1) is 6.92 Å². The van der Waals surface area contributed by atoms with Crippen molar-refractivity contribution in [2.45, 2.75) is 6.92 Å². The van der Waals surface area contributed by atoms with Crippen LogP contribution in [0.3, 0.4) is 0 Å². The van der Waals surface area contributed by atoms with E-state index in [1.54, 1.807) is 36.4 Å². The smallest absolute Gasteiger partial charge is 0.314 e. The molecule has 7 nitrogen and oxygen atoms in total. The molecule has 0 aliphatic carbocycles. The second-order valence-corrected chi connectivity index (χ2v) is 6.57. The molecule has 0 saturated carbocycles. The first-order valence-corrected chi connectivity index (χ1v) is 8.90. The number of aromatic nitrogens is 2. The van der Waals surface area contributed by atoms with Crippen molar-refractivity contribution in [2.75, 3.05) is 5.32 Å². The number of hydrogen-bond donors (Lipinski definition) is 3. The molecule has 0 aliphatic heterocycles. The highest BCUT2D eigenvalue weighted by Crippen LogP contribution is 2.24. The third-order valence-electron chi connectivity index (χ3n) is 4.32. The molecule has 0 radical (unpaired) electrons. The Morgan fingerprint density at radius 2 is 1.55 bits per heavy atom. The Balaban J connectivity index is 1.49. The van der Waals surface area contributed by atoms with Crippen LogP contribution in [0.2, 0.25) is 0 Å². The van der Waals surface area contributed by atoms with E-state index in [2.05, 4.69) is 15.3 Å². The normalized spacial score (nSPS) is 10.7. The number of H-pyrrole nitrogens is 2. The van der Waals surface area contributed by atoms with Gasteiger partial charge in [0.05, 0.1) is 11.0 Å². The number of ether oxygens (including phenoxy) is 1. The van der Waals surface area contributed by atoms with Crippen molar-refractivity contribution in [1.29, 1.82) is 0 Å². The summed E-state index contributed by atoms with van der Waals surface area (Å²) in [4.78, 5) is 40.3. The van der Waals surface area contributed by atoms with Crippen molar-refractivity contribution in [1.82, 2.24) is 9.97 Å². The minimum Gasteiger partial charge on any atom is -0.457 e. The van der Waals surface area contributed by atoms with E-state index in [-0.39, 0.29) is 5.91 Å². The van der Waals surface area contributed by atoms with Crippen molar-refractivity contribution in [3.63, 3.8) is 0 Å². The van der Waals surface area contributed by atoms with Gasteiger partial charge in [0.25, 0.3) is 5.91 Å². The van der Waals surface area contributed by atoms with E-state index in [0.717, 1.165) is 11.3 Å². The molecule has 0 unspecified atom stereocenters. The van der Waals surface area contributed by atoms with Gasteiger partial charge in [0.15, 0.2) is 0 Å². The van der Waals surface area contributed by atoms with Gasteiger partial charge in [-0.1, -0.05) is 12.1 Å². The Kier molecular flexibility index (Phi) is 4.70. The third kappa shape index (κ3) is 4.08. The van der Waals surface area contributed by atoms with Crippen LogP contribution in [0.25, 0.3) is 11.0 Å². The van der Waals surface area contributed by atoms with Gasteiger partial charge >= 0.3 is 11.1 Å². The maximum Gasteiger partial charge on any atom is 0.314 e. The summed E-state index contributed by atoms with van der Waals surface area (Å²) >= 11 is 0. The topological polar surface area (TPSA) is 104 Å². The Labute approximate surface area is 165 Å². The lowest BCUT2D eigenvalue weighted by Crippen LogP contribution is -2.29. The summed E-state index contributed by atoms with van der Waals surface area (Å²) in [5.74, 6) is 1.05. The molecule has 0 aliphatic rings. The Bertz CT molecular complexity index is 1320. The predicted molar refractivity (Wildman–Crippen MR) is 111 cm³/mol. The average Bonchev–Trinajstić information content (AvgIpc) is 2.70. The molecule has 0 atom stereocenters. The lowest BCUT2D eigenvalue weighted by atomic mass is 10.1. The average molecular weight is 387 g/mol. The number of carbonyl (C=O) groups is 1. The SMILES string of the molecule is Cc1cccc(Oc2ccc(NC(=O)c3ccc4[nH]c(=O)c(=O)[nH]c4c3)cc2)c1. The second-order valence-electron chi connectivity index (χ2n) is 6.57. The second kappa shape index (κ2) is 7.47. The Hall–Kier alpha value is -4.13. The highest BCUT2D eigenvalue weighted by molar-refractivity contribution is 6.05. The first kappa shape index (κ1) is 18.2. The summed E-state index contributed by atoms with van der Waals surface area (Å²) in [6, 6.07) is 19.4. The molecule has 0 spiro atoms. The summed E-state index contributed by atoms with van der Waals surface area (Å²) < 4.78 is 5.80. The van der Waals surface area contributed by atoms with Crippen LogP contribution in [-0.4, -0.2) is 15.9 Å². The van der Waals surface area contributed by atoms with Crippen LogP contribution in [-0.2, 0) is 0 Å². The van der Waals surface area contributed by atoms with Gasteiger partial charge in [-0.05, 0) is 67.1 Å². The molecule has 0 saturated heterocycles. The lowest BCUT2D eigenvalue weighted by molar-refractivity contribution is 0.102. The first-order chi connectivity index (χ1) is 14.0. The van der Waals surface area contributed by atoms with Crippen molar-refractivity contribution in [3.05, 3.63) is 98.6 Å². The van der Waals surface area contributed by atoms with Gasteiger partial charge in [-0.3, -0.25) is 14.4 Å². The predicted octanol–water partition coefficient (Wildman–Crippen LogP) is 3.57. The number of anilines is 1. The van der Waals surface area contributed by atoms with Gasteiger partial charge in [-0.2, -0.15) is 0 Å². The van der Waals surface area contributed by atoms with Gasteiger partial charge in [-0.25, -0.2) is 0 Å². The van der Waals surface area contributed by atoms with E-state index >= 15 is 0 Å². The largest absolute Gasteiger partial charge is 0.457 e. The molecule has 0 bridgehead atoms. The number of benzene rings is 3. The fraction of sp³-hybridized carbons (Fsp3) is 0.0455. The van der Waals surface area contributed by atoms with Gasteiger partial charge in [0, 0.05) is 11.3 Å². The molecule has 144 valence electrons. The molecule has 4 rings (SSSR count). The van der Waals surface area contributed by atoms with E-state index in [4.69, 9.17) is 4.74 Å². The zero-order valence-corrected chi connectivity index (χ0v) is 15.5. The summed E-state index contributed by atoms with van der Waals surface area (Å²) in [6.45, 7) is 1.99. The molecular formula is C22H17N3O4. The summed E-state index contributed by atoms with van der Waals surface area (Å²) in [5.41, 5.74) is 1.38. The maximum atomic E-state index is 12.5. The van der Waals surface area contributed by atoms with Crippen LogP contribution in [0.1, 0.15) is 15.9 Å². The summed E-state index contributed by atoms with van der Waals surface area (Å²) in [6.07, 6.45) is 0. The fourth-order valence-electron chi connectivity index (χ4n) is 2.88. The number of aryl methyl sites for hydroxylation is 1. The quantitative estimate of drug-likeness (QED) is 0.466. The molecule has 7 heteroatoms. The number of rotatable bonds is 4. The fourth-order valence-corrected chi connectivity index (χ4v) is 2.88. The van der Waals surface area contributed by atoms with Crippen LogP contribution < -0.4 is 21.2 Å². The Morgan fingerprint density at radius 1 is 0.828 bits per heavy atom. The number of nitrogens with one attached hydrogen (secondary N) is 3. The van der Waals surface area contributed by atoms with Gasteiger partial charge in [0.1, 0.15) is 11.5 Å². The van der Waals surface area contributed by atoms with Crippen LogP contribution in [0.5, 0.6) is 11.5 Å². The number of fused-ring (bicyclic) bond motifs is 1. The van der Waals surface area contributed by atoms with E-state index in [9.17, 15) is 14.4 Å². The summed E-state index contributed by atoms with van der Waals surface area (Å²) in [7, 11) is 0. The van der Waals surface area contributed by atoms with Crippen molar-refractivity contribution >= 4 is 22.6 Å². The zero-order chi connectivity index (χ0) is 20.4. The van der Waals surface area contributed by atoms with Gasteiger partial charge < -0.3 is 20.0 Å². The molecule has 1 heterocycles. The molecule has 4 aromatic rings. The third-order valence-corrected chi connectivity index (χ3v) is 4.32. The van der Waals surface area contributed by atoms with E-state index < -0.39 is 11.1 Å². The number of hydrogen-bond acceptors (Lipinski definition) is 4. The van der Waals surface area contributed by atoms with E-state index in [0.29, 0.717) is 28.0 Å². The molecule has 3 N–H and O–H groups in total. The van der Waals surface area contributed by atoms with Crippen LogP contribution in [0.15, 0.2) is 76.3 Å². The Morgan fingerprint density at radius 3 is 2.28 bits per heavy atom. The lowest BCUT2D eigenvalue weighted by Gasteiger charge is -2.09. The van der Waals surface area contributed by atoms with Crippen molar-refractivity contribution in [3.8, 4) is 11.5 Å². The van der Waals surface area contributed by atoms with Crippen LogP contribution >= 0.6 is 0 Å². The van der Waals surface area contributed by atoms with Crippen molar-refractivity contribution in [2.24, 2.45) is 0 Å². The molecule has 0 fully saturated rings. The number of aromatic amines is 2. The van der Waals surface area contributed by atoms with Crippen molar-refractivity contribution < 1.29 is 9.53 Å². The van der Waals surface area contributed by atoms with Gasteiger partial charge in [0.2, 0.25) is 0 Å². The molecule has 29 heavy (non-hydrogen) atoms. The highest BCUT2D eigenvalue weighted by atomic mass is 16.5. The highest BCUT2D eigenvalue weighted by Gasteiger charge is 2.09. The molecule has 3 aromatic carbocycles. The first-order valence-electron chi connectivity index (χ1n) is 8.90. The number of amides is 1. The van der Waals surface area contributed by atoms with E-state index in [1.807, 2.05) is 31.2 Å². The minimum atomic E-state index is -0.765.